The van der Waals surface area contributed by atoms with Gasteiger partial charge in [0, 0.05) is 24.8 Å². The molecule has 2 atom stereocenters. The number of unbranched alkanes of at least 4 members (excludes halogenated alkanes) is 26. The molecule has 2 unspecified atom stereocenters. The van der Waals surface area contributed by atoms with Crippen LogP contribution in [0.2, 0.25) is 0 Å². The first kappa shape index (κ1) is 64.3. The summed E-state index contributed by atoms with van der Waals surface area (Å²) in [6.45, 7) is 4.48. The first-order valence-corrected chi connectivity index (χ1v) is 24.2. The van der Waals surface area contributed by atoms with Gasteiger partial charge in [-0.25, -0.2) is 0 Å². The Hall–Kier alpha value is -0.300. The van der Waals surface area contributed by atoms with Gasteiger partial charge < -0.3 is 29.3 Å². The summed E-state index contributed by atoms with van der Waals surface area (Å²) < 4.78 is 71.5. The second-order valence-corrected chi connectivity index (χ2v) is 17.9. The molecule has 0 saturated heterocycles. The Labute approximate surface area is 395 Å². The number of ether oxygens (including phenoxy) is 2. The molecule has 0 rings (SSSR count). The molecule has 0 aromatic heterocycles. The minimum absolute atomic E-state index is 0. The van der Waals surface area contributed by atoms with E-state index in [-0.39, 0.29) is 72.3 Å². The summed E-state index contributed by atoms with van der Waals surface area (Å²) in [5.41, 5.74) is 0. The Morgan fingerprint density at radius 3 is 0.776 bits per heavy atom. The normalized spacial score (nSPS) is 12.2. The summed E-state index contributed by atoms with van der Waals surface area (Å²) in [7, 11) is -9.65. The molecule has 14 nitrogen and oxygen atoms in total. The molecule has 2 N–H and O–H groups in total. The van der Waals surface area contributed by atoms with E-state index in [1.807, 2.05) is 0 Å². The van der Waals surface area contributed by atoms with E-state index >= 15 is 0 Å². The molecule has 0 aromatic rings. The molecule has 0 saturated carbocycles. The Balaban J connectivity index is -0.000000486. The van der Waals surface area contributed by atoms with E-state index in [0.29, 0.717) is 12.8 Å². The minimum Gasteiger partial charge on any atom is -0.550 e. The van der Waals surface area contributed by atoms with E-state index in [9.17, 15) is 46.2 Å². The molecule has 0 heterocycles. The first-order chi connectivity index (χ1) is 26.6. The molecule has 0 amide bonds. The van der Waals surface area contributed by atoms with E-state index in [1.54, 1.807) is 0 Å². The van der Waals surface area contributed by atoms with E-state index in [4.69, 9.17) is 18.6 Å². The number of carbonyl (C=O) groups is 4. The second kappa shape index (κ2) is 43.4. The number of carboxylic acids is 2. The largest absolute Gasteiger partial charge is 1.00 e. The maximum absolute atomic E-state index is 11.6. The molecule has 18 heteroatoms. The van der Waals surface area contributed by atoms with Gasteiger partial charge in [-0.1, -0.05) is 181 Å². The van der Waals surface area contributed by atoms with Crippen molar-refractivity contribution in [3.63, 3.8) is 0 Å². The Kier molecular flexibility index (Phi) is 48.1. The number of carbonyl (C=O) groups excluding carboxylic acids is 4. The minimum atomic E-state index is -4.83. The molecule has 0 fully saturated rings. The van der Waals surface area contributed by atoms with Crippen molar-refractivity contribution in [2.45, 2.75) is 217 Å². The fraction of sp³-hybridized carbons (Fsp3) is 0.900. The van der Waals surface area contributed by atoms with Crippen LogP contribution < -0.4 is 69.3 Å². The molecule has 0 aromatic carbocycles. The van der Waals surface area contributed by atoms with Crippen LogP contribution in [0.25, 0.3) is 0 Å². The fourth-order valence-electron chi connectivity index (χ4n) is 6.05. The number of hydrogen-bond donors (Lipinski definition) is 2. The number of hydrogen-bond acceptors (Lipinski definition) is 12. The van der Waals surface area contributed by atoms with Crippen LogP contribution in [0.4, 0.5) is 0 Å². The van der Waals surface area contributed by atoms with Crippen molar-refractivity contribution < 1.29 is 124 Å². The molecule has 0 aliphatic heterocycles. The summed E-state index contributed by atoms with van der Waals surface area (Å²) in [6, 6.07) is 0. The summed E-state index contributed by atoms with van der Waals surface area (Å²) >= 11 is 0. The molecule has 0 spiro atoms. The Morgan fingerprint density at radius 2 is 0.603 bits per heavy atom. The van der Waals surface area contributed by atoms with Crippen LogP contribution in [0.5, 0.6) is 0 Å². The summed E-state index contributed by atoms with van der Waals surface area (Å²) in [5, 5.41) is 16.7. The van der Waals surface area contributed by atoms with Crippen LogP contribution in [-0.4, -0.2) is 73.5 Å². The van der Waals surface area contributed by atoms with Crippen LogP contribution in [-0.2, 0) is 48.9 Å². The van der Waals surface area contributed by atoms with Gasteiger partial charge in [-0.15, -0.1) is 0 Å². The van der Waals surface area contributed by atoms with E-state index in [1.165, 1.54) is 128 Å². The Morgan fingerprint density at radius 1 is 0.414 bits per heavy atom. The zero-order valence-corrected chi connectivity index (χ0v) is 42.0. The zero-order valence-electron chi connectivity index (χ0n) is 36.4. The summed E-state index contributed by atoms with van der Waals surface area (Å²) in [6.07, 6.45) is 31.0. The third-order valence-electron chi connectivity index (χ3n) is 9.43. The van der Waals surface area contributed by atoms with Crippen molar-refractivity contribution in [3.05, 3.63) is 0 Å². The third-order valence-corrected chi connectivity index (χ3v) is 11.6. The number of rotatable bonds is 38. The van der Waals surface area contributed by atoms with Crippen molar-refractivity contribution in [2.24, 2.45) is 0 Å². The number of carboxylic acid groups (broad SMARTS) is 2. The molecule has 0 aliphatic carbocycles. The molecule has 58 heavy (non-hydrogen) atoms. The third kappa shape index (κ3) is 43.8. The van der Waals surface area contributed by atoms with Gasteiger partial charge >= 0.3 is 71.1 Å². The average Bonchev–Trinajstić information content (AvgIpc) is 3.11. The molecule has 0 bridgehead atoms. The maximum Gasteiger partial charge on any atom is 1.00 e. The smallest absolute Gasteiger partial charge is 0.550 e. The van der Waals surface area contributed by atoms with Gasteiger partial charge in [0.05, 0.1) is 13.2 Å². The van der Waals surface area contributed by atoms with E-state index in [0.717, 1.165) is 38.5 Å². The second-order valence-electron chi connectivity index (χ2n) is 14.7. The van der Waals surface area contributed by atoms with Crippen molar-refractivity contribution >= 4 is 44.1 Å². The zero-order chi connectivity index (χ0) is 42.5. The Bertz CT molecular complexity index is 1140. The first-order valence-electron chi connectivity index (χ1n) is 21.2. The van der Waals surface area contributed by atoms with Crippen LogP contribution in [0.15, 0.2) is 0 Å². The quantitative estimate of drug-likeness (QED) is 0.0378. The SMILES string of the molecule is CCCCCCCCCCCCCCCCOC(=O)C(CC(=O)[O-])S(=O)(=O)O.CCCCCCCCCCCCCCCCOC(=O)C(CC(=O)[O-])S(=O)(=O)O.[Na+].[Na+]. The van der Waals surface area contributed by atoms with Gasteiger partial charge in [-0.05, 0) is 12.8 Å². The van der Waals surface area contributed by atoms with Crippen molar-refractivity contribution in [3.8, 4) is 0 Å². The molecule has 0 radical (unpaired) electrons. The maximum atomic E-state index is 11.6. The van der Waals surface area contributed by atoms with Crippen molar-refractivity contribution in [2.75, 3.05) is 13.2 Å². The van der Waals surface area contributed by atoms with Gasteiger partial charge in [0.1, 0.15) is 0 Å². The van der Waals surface area contributed by atoms with Crippen LogP contribution in [0.3, 0.4) is 0 Å². The van der Waals surface area contributed by atoms with Gasteiger partial charge in [0.15, 0.2) is 10.5 Å². The molecule has 332 valence electrons. The van der Waals surface area contributed by atoms with Gasteiger partial charge in [-0.3, -0.25) is 18.7 Å². The van der Waals surface area contributed by atoms with E-state index in [2.05, 4.69) is 13.8 Å². The molecular formula is C40H74Na2O14S2. The molecule has 0 aliphatic rings. The van der Waals surface area contributed by atoms with Crippen LogP contribution in [0.1, 0.15) is 206 Å². The van der Waals surface area contributed by atoms with Gasteiger partial charge in [-0.2, -0.15) is 16.8 Å². The van der Waals surface area contributed by atoms with Crippen molar-refractivity contribution in [1.82, 2.24) is 0 Å². The van der Waals surface area contributed by atoms with E-state index < -0.39 is 67.5 Å². The van der Waals surface area contributed by atoms with Crippen molar-refractivity contribution in [1.29, 1.82) is 0 Å². The number of esters is 2. The number of aliphatic carboxylic acids is 2. The predicted molar refractivity (Wildman–Crippen MR) is 212 cm³/mol. The average molecular weight is 889 g/mol. The topological polar surface area (TPSA) is 242 Å². The summed E-state index contributed by atoms with van der Waals surface area (Å²) in [4.78, 5) is 44.2. The molecular weight excluding hydrogens is 815 g/mol. The van der Waals surface area contributed by atoms with Crippen LogP contribution >= 0.6 is 0 Å². The monoisotopic (exact) mass is 888 g/mol. The van der Waals surface area contributed by atoms with Crippen LogP contribution in [0, 0.1) is 0 Å². The predicted octanol–water partition coefficient (Wildman–Crippen LogP) is 0.823. The van der Waals surface area contributed by atoms with Gasteiger partial charge in [0.25, 0.3) is 20.2 Å². The van der Waals surface area contributed by atoms with Gasteiger partial charge in [0.2, 0.25) is 0 Å². The summed E-state index contributed by atoms with van der Waals surface area (Å²) in [5.74, 6) is -5.98. The standard InChI is InChI=1S/2C20H38O7S.2Na/c2*1-2-3-4-5-6-7-8-9-10-11-12-13-14-15-16-27-20(23)18(17-19(21)22)28(24,25)26;;/h2*18H,2-17H2,1H3,(H,21,22)(H,24,25,26);;/q;;2*+1/p-2. The fourth-order valence-corrected chi connectivity index (χ4v) is 7.36.